The predicted octanol–water partition coefficient (Wildman–Crippen LogP) is 8.90. The smallest absolute Gasteiger partial charge is 0.282 e. The molecule has 208 valence electrons. The van der Waals surface area contributed by atoms with E-state index < -0.39 is 0 Å². The van der Waals surface area contributed by atoms with Crippen LogP contribution in [0.15, 0.2) is 71.8 Å². The third-order valence-electron chi connectivity index (χ3n) is 7.08. The van der Waals surface area contributed by atoms with E-state index in [9.17, 15) is 4.79 Å². The topological polar surface area (TPSA) is 65.7 Å². The van der Waals surface area contributed by atoms with Gasteiger partial charge in [-0.25, -0.2) is 4.98 Å². The number of aromatic nitrogens is 2. The normalized spacial score (nSPS) is 14.2. The molecule has 9 heteroatoms. The summed E-state index contributed by atoms with van der Waals surface area (Å²) in [5.74, 6) is 2.10. The molecule has 6 nitrogen and oxygen atoms in total. The van der Waals surface area contributed by atoms with Crippen molar-refractivity contribution in [3.05, 3.63) is 94.8 Å². The molecule has 5 rings (SSSR count). The molecule has 1 aromatic heterocycles. The Morgan fingerprint density at radius 2 is 1.75 bits per heavy atom. The summed E-state index contributed by atoms with van der Waals surface area (Å²) in [5, 5.41) is 5.25. The van der Waals surface area contributed by atoms with Crippen molar-refractivity contribution >= 4 is 64.9 Å². The molecule has 1 fully saturated rings. The standard InChI is InChI=1S/C31H30Br3N3O3/c1-3-39-26-15-22(27(33)28(34)29(26)40-18-20-11-9-19(2)10-12-20)17-35-37-30(21-7-5-4-6-8-21)36-25-14-13-23(32)16-24(25)31(37)38/h9-17,21H,3-8,18H2,1-2H3. The van der Waals surface area contributed by atoms with Crippen LogP contribution in [0.3, 0.4) is 0 Å². The van der Waals surface area contributed by atoms with Gasteiger partial charge in [-0.2, -0.15) is 9.78 Å². The second kappa shape index (κ2) is 13.0. The van der Waals surface area contributed by atoms with Crippen molar-refractivity contribution in [1.82, 2.24) is 9.66 Å². The van der Waals surface area contributed by atoms with Gasteiger partial charge in [-0.1, -0.05) is 65.0 Å². The Morgan fingerprint density at radius 1 is 1.00 bits per heavy atom. The Labute approximate surface area is 259 Å². The minimum absolute atomic E-state index is 0.179. The molecule has 1 aliphatic carbocycles. The van der Waals surface area contributed by atoms with Crippen LogP contribution in [-0.4, -0.2) is 22.5 Å². The first-order valence-corrected chi connectivity index (χ1v) is 15.8. The van der Waals surface area contributed by atoms with Crippen LogP contribution in [0.1, 0.15) is 67.5 Å². The van der Waals surface area contributed by atoms with Crippen LogP contribution in [0.2, 0.25) is 0 Å². The third-order valence-corrected chi connectivity index (χ3v) is 9.71. The van der Waals surface area contributed by atoms with Gasteiger partial charge in [0, 0.05) is 20.4 Å². The molecular formula is C31H30Br3N3O3. The van der Waals surface area contributed by atoms with E-state index in [1.54, 1.807) is 12.3 Å². The average Bonchev–Trinajstić information content (AvgIpc) is 2.96. The van der Waals surface area contributed by atoms with Crippen molar-refractivity contribution in [3.63, 3.8) is 0 Å². The molecule has 0 amide bonds. The highest BCUT2D eigenvalue weighted by Gasteiger charge is 2.23. The summed E-state index contributed by atoms with van der Waals surface area (Å²) in [5.41, 5.74) is 3.52. The molecule has 0 bridgehead atoms. The van der Waals surface area contributed by atoms with Crippen LogP contribution in [0.25, 0.3) is 10.9 Å². The molecule has 1 heterocycles. The maximum absolute atomic E-state index is 13.7. The summed E-state index contributed by atoms with van der Waals surface area (Å²) in [7, 11) is 0. The van der Waals surface area contributed by atoms with Gasteiger partial charge >= 0.3 is 0 Å². The number of rotatable bonds is 8. The summed E-state index contributed by atoms with van der Waals surface area (Å²) in [6.45, 7) is 4.87. The lowest BCUT2D eigenvalue weighted by Gasteiger charge is -2.23. The molecule has 0 aliphatic heterocycles. The van der Waals surface area contributed by atoms with Crippen LogP contribution >= 0.6 is 47.8 Å². The summed E-state index contributed by atoms with van der Waals surface area (Å²) in [6, 6.07) is 15.7. The Morgan fingerprint density at radius 3 is 2.48 bits per heavy atom. The fourth-order valence-electron chi connectivity index (χ4n) is 4.96. The lowest BCUT2D eigenvalue weighted by atomic mass is 9.88. The lowest BCUT2D eigenvalue weighted by Crippen LogP contribution is -2.25. The molecular weight excluding hydrogens is 702 g/mol. The SMILES string of the molecule is CCOc1cc(C=Nn2c(C3CCCCC3)nc3ccc(Br)cc3c2=O)c(Br)c(Br)c1OCc1ccc(C)cc1. The highest BCUT2D eigenvalue weighted by Crippen LogP contribution is 2.43. The molecule has 0 N–H and O–H groups in total. The molecule has 0 atom stereocenters. The highest BCUT2D eigenvalue weighted by atomic mass is 79.9. The molecule has 0 unspecified atom stereocenters. The van der Waals surface area contributed by atoms with Gasteiger partial charge in [0.1, 0.15) is 12.4 Å². The van der Waals surface area contributed by atoms with Gasteiger partial charge in [0.05, 0.1) is 28.2 Å². The number of benzene rings is 3. The van der Waals surface area contributed by atoms with E-state index in [1.807, 2.05) is 25.1 Å². The summed E-state index contributed by atoms with van der Waals surface area (Å²) in [4.78, 5) is 18.6. The van der Waals surface area contributed by atoms with Crippen LogP contribution in [0, 0.1) is 6.92 Å². The van der Waals surface area contributed by atoms with Crippen molar-refractivity contribution in [2.24, 2.45) is 5.10 Å². The first kappa shape index (κ1) is 29.0. The second-order valence-corrected chi connectivity index (χ2v) is 12.5. The number of nitrogens with zero attached hydrogens (tertiary/aromatic N) is 3. The van der Waals surface area contributed by atoms with E-state index in [-0.39, 0.29) is 11.5 Å². The molecule has 1 saturated carbocycles. The zero-order chi connectivity index (χ0) is 28.2. The van der Waals surface area contributed by atoms with Gasteiger partial charge < -0.3 is 9.47 Å². The number of hydrogen-bond acceptors (Lipinski definition) is 5. The molecule has 0 radical (unpaired) electrons. The van der Waals surface area contributed by atoms with E-state index >= 15 is 0 Å². The number of ether oxygens (including phenoxy) is 2. The van der Waals surface area contributed by atoms with Crippen molar-refractivity contribution in [3.8, 4) is 11.5 Å². The second-order valence-electron chi connectivity index (χ2n) is 9.96. The van der Waals surface area contributed by atoms with Gasteiger partial charge in [-0.3, -0.25) is 4.79 Å². The largest absolute Gasteiger partial charge is 0.490 e. The Kier molecular flexibility index (Phi) is 9.43. The van der Waals surface area contributed by atoms with Gasteiger partial charge in [0.25, 0.3) is 5.56 Å². The Bertz CT molecular complexity index is 1610. The van der Waals surface area contributed by atoms with Crippen molar-refractivity contribution < 1.29 is 9.47 Å². The molecule has 0 saturated heterocycles. The van der Waals surface area contributed by atoms with Crippen molar-refractivity contribution in [2.45, 2.75) is 58.5 Å². The lowest BCUT2D eigenvalue weighted by molar-refractivity contribution is 0.267. The van der Waals surface area contributed by atoms with E-state index in [2.05, 4.69) is 79.0 Å². The van der Waals surface area contributed by atoms with Crippen LogP contribution in [0.5, 0.6) is 11.5 Å². The number of aryl methyl sites for hydroxylation is 1. The zero-order valence-corrected chi connectivity index (χ0v) is 27.2. The van der Waals surface area contributed by atoms with Crippen molar-refractivity contribution in [1.29, 1.82) is 0 Å². The summed E-state index contributed by atoms with van der Waals surface area (Å²) < 4.78 is 15.9. The number of fused-ring (bicyclic) bond motifs is 1. The fourth-order valence-corrected chi connectivity index (χ4v) is 6.25. The maximum atomic E-state index is 13.7. The van der Waals surface area contributed by atoms with E-state index in [0.717, 1.165) is 45.8 Å². The number of halogens is 3. The Hall–Kier alpha value is -2.49. The van der Waals surface area contributed by atoms with Crippen LogP contribution in [0.4, 0.5) is 0 Å². The quantitative estimate of drug-likeness (QED) is 0.170. The number of hydrogen-bond donors (Lipinski definition) is 0. The minimum atomic E-state index is -0.179. The molecule has 0 spiro atoms. The first-order valence-electron chi connectivity index (χ1n) is 13.5. The Balaban J connectivity index is 1.54. The predicted molar refractivity (Wildman–Crippen MR) is 171 cm³/mol. The molecule has 40 heavy (non-hydrogen) atoms. The summed E-state index contributed by atoms with van der Waals surface area (Å²) >= 11 is 10.9. The monoisotopic (exact) mass is 729 g/mol. The minimum Gasteiger partial charge on any atom is -0.490 e. The van der Waals surface area contributed by atoms with Crippen LogP contribution < -0.4 is 15.0 Å². The third kappa shape index (κ3) is 6.37. The molecule has 3 aromatic carbocycles. The van der Waals surface area contributed by atoms with Crippen LogP contribution in [-0.2, 0) is 6.61 Å². The average molecular weight is 732 g/mol. The van der Waals surface area contributed by atoms with Gasteiger partial charge in [0.2, 0.25) is 0 Å². The first-order chi connectivity index (χ1) is 19.4. The molecule has 4 aromatic rings. The zero-order valence-electron chi connectivity index (χ0n) is 22.4. The van der Waals surface area contributed by atoms with Gasteiger partial charge in [-0.15, -0.1) is 0 Å². The highest BCUT2D eigenvalue weighted by molar-refractivity contribution is 9.13. The summed E-state index contributed by atoms with van der Waals surface area (Å²) in [6.07, 6.45) is 7.15. The van der Waals surface area contributed by atoms with E-state index in [1.165, 1.54) is 16.7 Å². The fraction of sp³-hybridized carbons (Fsp3) is 0.323. The van der Waals surface area contributed by atoms with Gasteiger partial charge in [0.15, 0.2) is 11.5 Å². The van der Waals surface area contributed by atoms with Crippen molar-refractivity contribution in [2.75, 3.05) is 6.61 Å². The maximum Gasteiger partial charge on any atom is 0.282 e. The van der Waals surface area contributed by atoms with Gasteiger partial charge in [-0.05, 0) is 88.4 Å². The molecule has 1 aliphatic rings. The van der Waals surface area contributed by atoms with E-state index in [0.29, 0.717) is 45.9 Å². The van der Waals surface area contributed by atoms with E-state index in [4.69, 9.17) is 19.6 Å².